The van der Waals surface area contributed by atoms with Crippen LogP contribution in [0.5, 0.6) is 0 Å². The molecule has 0 saturated heterocycles. The predicted molar refractivity (Wildman–Crippen MR) is 74.9 cm³/mol. The van der Waals surface area contributed by atoms with Gasteiger partial charge in [0.2, 0.25) is 0 Å². The summed E-state index contributed by atoms with van der Waals surface area (Å²) >= 11 is 6.02. The molecule has 1 aromatic carbocycles. The molecule has 0 aromatic heterocycles. The van der Waals surface area contributed by atoms with E-state index >= 15 is 0 Å². The van der Waals surface area contributed by atoms with E-state index in [9.17, 15) is 0 Å². The van der Waals surface area contributed by atoms with E-state index in [0.29, 0.717) is 0 Å². The van der Waals surface area contributed by atoms with Gasteiger partial charge in [0.1, 0.15) is 0 Å². The molecule has 18 heavy (non-hydrogen) atoms. The Kier molecular flexibility index (Phi) is 6.65. The Morgan fingerprint density at radius 1 is 1.28 bits per heavy atom. The number of hydrogen-bond acceptors (Lipinski definition) is 3. The second-order valence-corrected chi connectivity index (χ2v) is 4.75. The van der Waals surface area contributed by atoms with Crippen LogP contribution >= 0.6 is 11.6 Å². The maximum Gasteiger partial charge on any atom is 0.171 e. The van der Waals surface area contributed by atoms with Gasteiger partial charge in [-0.25, -0.2) is 0 Å². The molecule has 0 amide bonds. The lowest BCUT2D eigenvalue weighted by Gasteiger charge is -2.27. The highest BCUT2D eigenvalue weighted by Gasteiger charge is 2.19. The predicted octanol–water partition coefficient (Wildman–Crippen LogP) is 3.39. The molecule has 2 unspecified atom stereocenters. The molecule has 0 heterocycles. The van der Waals surface area contributed by atoms with Crippen LogP contribution in [0.1, 0.15) is 31.9 Å². The molecule has 1 rings (SSSR count). The van der Waals surface area contributed by atoms with Crippen molar-refractivity contribution in [3.63, 3.8) is 0 Å². The average Bonchev–Trinajstić information content (AvgIpc) is 2.37. The Labute approximate surface area is 114 Å². The highest BCUT2D eigenvalue weighted by atomic mass is 35.5. The zero-order valence-corrected chi connectivity index (χ0v) is 12.2. The lowest BCUT2D eigenvalue weighted by molar-refractivity contribution is -0.121. The summed E-state index contributed by atoms with van der Waals surface area (Å²) in [6, 6.07) is 8.26. The van der Waals surface area contributed by atoms with Crippen LogP contribution in [0.2, 0.25) is 5.02 Å². The number of rotatable bonds is 7. The molecular weight excluding hydrogens is 250 g/mol. The fourth-order valence-electron chi connectivity index (χ4n) is 2.07. The first-order chi connectivity index (χ1) is 8.62. The SMILES string of the molecule is CCC(NC(C)C(OC)OC)c1cccc(Cl)c1. The summed E-state index contributed by atoms with van der Waals surface area (Å²) in [5.74, 6) is 0. The van der Waals surface area contributed by atoms with Gasteiger partial charge in [-0.05, 0) is 31.0 Å². The van der Waals surface area contributed by atoms with Gasteiger partial charge in [0.05, 0.1) is 6.04 Å². The quantitative estimate of drug-likeness (QED) is 0.771. The zero-order valence-electron chi connectivity index (χ0n) is 11.4. The summed E-state index contributed by atoms with van der Waals surface area (Å²) in [5, 5.41) is 4.26. The standard InChI is InChI=1S/C14H22ClNO2/c1-5-13(11-7-6-8-12(15)9-11)16-10(2)14(17-3)18-4/h6-10,13-14,16H,5H2,1-4H3. The van der Waals surface area contributed by atoms with E-state index in [0.717, 1.165) is 11.4 Å². The third-order valence-corrected chi connectivity index (χ3v) is 3.23. The van der Waals surface area contributed by atoms with Gasteiger partial charge in [0.15, 0.2) is 6.29 Å². The lowest BCUT2D eigenvalue weighted by atomic mass is 10.0. The van der Waals surface area contributed by atoms with Crippen LogP contribution in [-0.4, -0.2) is 26.6 Å². The van der Waals surface area contributed by atoms with Crippen LogP contribution < -0.4 is 5.32 Å². The fourth-order valence-corrected chi connectivity index (χ4v) is 2.27. The summed E-state index contributed by atoms with van der Waals surface area (Å²) in [6.07, 6.45) is 0.725. The summed E-state index contributed by atoms with van der Waals surface area (Å²) in [6.45, 7) is 4.19. The highest BCUT2D eigenvalue weighted by Crippen LogP contribution is 2.21. The molecule has 1 aromatic rings. The molecule has 0 fully saturated rings. The molecule has 2 atom stereocenters. The van der Waals surface area contributed by atoms with Gasteiger partial charge in [-0.1, -0.05) is 30.7 Å². The number of methoxy groups -OCH3 is 2. The Morgan fingerprint density at radius 2 is 1.94 bits per heavy atom. The minimum Gasteiger partial charge on any atom is -0.354 e. The van der Waals surface area contributed by atoms with Gasteiger partial charge in [0.25, 0.3) is 0 Å². The molecular formula is C14H22ClNO2. The van der Waals surface area contributed by atoms with Crippen LogP contribution in [0.4, 0.5) is 0 Å². The van der Waals surface area contributed by atoms with Crippen LogP contribution in [0, 0.1) is 0 Å². The second-order valence-electron chi connectivity index (χ2n) is 4.31. The van der Waals surface area contributed by atoms with Crippen molar-refractivity contribution in [2.45, 2.75) is 38.6 Å². The smallest absolute Gasteiger partial charge is 0.171 e. The third-order valence-electron chi connectivity index (χ3n) is 3.00. The van der Waals surface area contributed by atoms with Crippen molar-refractivity contribution < 1.29 is 9.47 Å². The van der Waals surface area contributed by atoms with E-state index in [1.54, 1.807) is 14.2 Å². The molecule has 0 aliphatic rings. The summed E-state index contributed by atoms with van der Waals surface area (Å²) in [7, 11) is 3.29. The molecule has 4 heteroatoms. The average molecular weight is 272 g/mol. The van der Waals surface area contributed by atoms with E-state index in [4.69, 9.17) is 21.1 Å². The second kappa shape index (κ2) is 7.74. The Bertz CT molecular complexity index is 355. The van der Waals surface area contributed by atoms with Crippen molar-refractivity contribution >= 4 is 11.6 Å². The van der Waals surface area contributed by atoms with Gasteiger partial charge in [-0.15, -0.1) is 0 Å². The van der Waals surface area contributed by atoms with Crippen LogP contribution in [-0.2, 0) is 9.47 Å². The molecule has 0 aliphatic carbocycles. The van der Waals surface area contributed by atoms with E-state index in [-0.39, 0.29) is 18.4 Å². The maximum atomic E-state index is 6.02. The van der Waals surface area contributed by atoms with E-state index in [1.165, 1.54) is 5.56 Å². The first-order valence-corrected chi connectivity index (χ1v) is 6.57. The Hall–Kier alpha value is -0.610. The summed E-state index contributed by atoms with van der Waals surface area (Å²) in [5.41, 5.74) is 1.18. The number of benzene rings is 1. The number of nitrogens with one attached hydrogen (secondary N) is 1. The highest BCUT2D eigenvalue weighted by molar-refractivity contribution is 6.30. The number of ether oxygens (including phenoxy) is 2. The van der Waals surface area contributed by atoms with Crippen molar-refractivity contribution in [2.75, 3.05) is 14.2 Å². The van der Waals surface area contributed by atoms with E-state index in [2.05, 4.69) is 18.3 Å². The van der Waals surface area contributed by atoms with Crippen molar-refractivity contribution in [2.24, 2.45) is 0 Å². The summed E-state index contributed by atoms with van der Waals surface area (Å²) < 4.78 is 10.5. The third kappa shape index (κ3) is 4.25. The molecule has 0 spiro atoms. The molecule has 1 N–H and O–H groups in total. The van der Waals surface area contributed by atoms with Gasteiger partial charge >= 0.3 is 0 Å². The molecule has 0 aliphatic heterocycles. The fraction of sp³-hybridized carbons (Fsp3) is 0.571. The zero-order chi connectivity index (χ0) is 13.5. The molecule has 0 radical (unpaired) electrons. The van der Waals surface area contributed by atoms with Crippen molar-refractivity contribution in [1.29, 1.82) is 0 Å². The van der Waals surface area contributed by atoms with Gasteiger partial charge in [-0.3, -0.25) is 0 Å². The van der Waals surface area contributed by atoms with E-state index < -0.39 is 0 Å². The van der Waals surface area contributed by atoms with Gasteiger partial charge in [-0.2, -0.15) is 0 Å². The normalized spacial score (nSPS) is 14.8. The molecule has 0 saturated carbocycles. The molecule has 102 valence electrons. The first-order valence-electron chi connectivity index (χ1n) is 6.19. The minimum absolute atomic E-state index is 0.101. The largest absolute Gasteiger partial charge is 0.354 e. The number of hydrogen-bond donors (Lipinski definition) is 1. The topological polar surface area (TPSA) is 30.5 Å². The molecule has 3 nitrogen and oxygen atoms in total. The maximum absolute atomic E-state index is 6.02. The number of halogens is 1. The van der Waals surface area contributed by atoms with Gasteiger partial charge < -0.3 is 14.8 Å². The minimum atomic E-state index is -0.252. The van der Waals surface area contributed by atoms with Gasteiger partial charge in [0, 0.05) is 25.3 Å². The first kappa shape index (κ1) is 15.4. The lowest BCUT2D eigenvalue weighted by Crippen LogP contribution is -2.41. The summed E-state index contributed by atoms with van der Waals surface area (Å²) in [4.78, 5) is 0. The van der Waals surface area contributed by atoms with Crippen molar-refractivity contribution in [3.05, 3.63) is 34.9 Å². The van der Waals surface area contributed by atoms with Crippen LogP contribution in [0.3, 0.4) is 0 Å². The van der Waals surface area contributed by atoms with Crippen molar-refractivity contribution in [1.82, 2.24) is 5.32 Å². The molecule has 0 bridgehead atoms. The van der Waals surface area contributed by atoms with Crippen LogP contribution in [0.25, 0.3) is 0 Å². The Balaban J connectivity index is 2.72. The van der Waals surface area contributed by atoms with Crippen molar-refractivity contribution in [3.8, 4) is 0 Å². The van der Waals surface area contributed by atoms with Crippen LogP contribution in [0.15, 0.2) is 24.3 Å². The Morgan fingerprint density at radius 3 is 2.44 bits per heavy atom. The monoisotopic (exact) mass is 271 g/mol. The van der Waals surface area contributed by atoms with E-state index in [1.807, 2.05) is 25.1 Å².